The molecule has 2 N–H and O–H groups in total. The summed E-state index contributed by atoms with van der Waals surface area (Å²) in [5.41, 5.74) is 0. The fourth-order valence-electron chi connectivity index (χ4n) is 1.26. The fraction of sp³-hybridized carbons (Fsp3) is 0.875. The van der Waals surface area contributed by atoms with E-state index in [9.17, 15) is 4.79 Å². The number of carbonyl (C=O) groups is 1. The molecule has 3 heteroatoms. The Kier molecular flexibility index (Phi) is 3.36. The van der Waals surface area contributed by atoms with Gasteiger partial charge in [-0.1, -0.05) is 6.42 Å². The van der Waals surface area contributed by atoms with Crippen molar-refractivity contribution in [2.75, 3.05) is 13.1 Å². The van der Waals surface area contributed by atoms with E-state index in [0.717, 1.165) is 31.8 Å². The summed E-state index contributed by atoms with van der Waals surface area (Å²) in [7, 11) is 0. The van der Waals surface area contributed by atoms with Crippen molar-refractivity contribution in [2.45, 2.75) is 25.7 Å². The van der Waals surface area contributed by atoms with Gasteiger partial charge >= 0.3 is 5.97 Å². The number of nitrogens with one attached hydrogen (secondary N) is 1. The van der Waals surface area contributed by atoms with E-state index in [1.807, 2.05) is 0 Å². The van der Waals surface area contributed by atoms with Gasteiger partial charge in [0.2, 0.25) is 0 Å². The molecule has 11 heavy (non-hydrogen) atoms. The molecule has 0 spiro atoms. The molecule has 3 nitrogen and oxygen atoms in total. The normalized spacial score (nSPS) is 17.8. The average molecular weight is 157 g/mol. The zero-order chi connectivity index (χ0) is 8.10. The Morgan fingerprint density at radius 1 is 1.45 bits per heavy atom. The van der Waals surface area contributed by atoms with Crippen molar-refractivity contribution in [3.05, 3.63) is 0 Å². The standard InChI is InChI=1S/C8H15NO2/c10-8(11)4-2-1-3-7-5-9-6-7/h7,9H,1-6H2,(H,10,11). The van der Waals surface area contributed by atoms with Crippen LogP contribution in [0.3, 0.4) is 0 Å². The Labute approximate surface area is 66.8 Å². The molecule has 0 saturated carbocycles. The van der Waals surface area contributed by atoms with E-state index in [1.54, 1.807) is 0 Å². The van der Waals surface area contributed by atoms with Gasteiger partial charge < -0.3 is 10.4 Å². The Balaban J connectivity index is 1.83. The van der Waals surface area contributed by atoms with Gasteiger partial charge in [-0.15, -0.1) is 0 Å². The predicted molar refractivity (Wildman–Crippen MR) is 42.5 cm³/mol. The van der Waals surface area contributed by atoms with Crippen LogP contribution in [-0.2, 0) is 4.79 Å². The van der Waals surface area contributed by atoms with Crippen LogP contribution in [0, 0.1) is 5.92 Å². The summed E-state index contributed by atoms with van der Waals surface area (Å²) in [4.78, 5) is 10.1. The topological polar surface area (TPSA) is 49.3 Å². The molecule has 1 rings (SSSR count). The first-order valence-electron chi connectivity index (χ1n) is 4.21. The molecule has 1 fully saturated rings. The first kappa shape index (κ1) is 8.53. The van der Waals surface area contributed by atoms with Crippen LogP contribution in [-0.4, -0.2) is 24.2 Å². The van der Waals surface area contributed by atoms with Gasteiger partial charge in [-0.05, 0) is 31.8 Å². The minimum Gasteiger partial charge on any atom is -0.481 e. The summed E-state index contributed by atoms with van der Waals surface area (Å²) in [6.07, 6.45) is 3.44. The van der Waals surface area contributed by atoms with Crippen molar-refractivity contribution in [1.29, 1.82) is 0 Å². The zero-order valence-corrected chi connectivity index (χ0v) is 6.68. The van der Waals surface area contributed by atoms with E-state index < -0.39 is 5.97 Å². The van der Waals surface area contributed by atoms with E-state index in [1.165, 1.54) is 6.42 Å². The number of rotatable bonds is 5. The van der Waals surface area contributed by atoms with Gasteiger partial charge in [-0.25, -0.2) is 0 Å². The monoisotopic (exact) mass is 157 g/mol. The minimum absolute atomic E-state index is 0.333. The molecule has 0 aliphatic carbocycles. The van der Waals surface area contributed by atoms with Crippen LogP contribution < -0.4 is 5.32 Å². The van der Waals surface area contributed by atoms with Crippen LogP contribution >= 0.6 is 0 Å². The lowest BCUT2D eigenvalue weighted by atomic mass is 9.96. The molecule has 1 aliphatic heterocycles. The summed E-state index contributed by atoms with van der Waals surface area (Å²) < 4.78 is 0. The van der Waals surface area contributed by atoms with Crippen LogP contribution in [0.4, 0.5) is 0 Å². The highest BCUT2D eigenvalue weighted by Crippen LogP contribution is 2.13. The first-order chi connectivity index (χ1) is 5.29. The van der Waals surface area contributed by atoms with Crippen LogP contribution in [0.2, 0.25) is 0 Å². The highest BCUT2D eigenvalue weighted by molar-refractivity contribution is 5.66. The largest absolute Gasteiger partial charge is 0.481 e. The second kappa shape index (κ2) is 4.34. The molecule has 0 unspecified atom stereocenters. The van der Waals surface area contributed by atoms with Crippen LogP contribution in [0.15, 0.2) is 0 Å². The molecule has 0 aromatic carbocycles. The molecule has 0 aromatic heterocycles. The van der Waals surface area contributed by atoms with Crippen LogP contribution in [0.1, 0.15) is 25.7 Å². The average Bonchev–Trinajstić information content (AvgIpc) is 1.82. The molecule has 64 valence electrons. The van der Waals surface area contributed by atoms with Crippen molar-refractivity contribution in [3.63, 3.8) is 0 Å². The molecule has 0 bridgehead atoms. The molecule has 1 heterocycles. The van der Waals surface area contributed by atoms with Gasteiger partial charge in [0.25, 0.3) is 0 Å². The highest BCUT2D eigenvalue weighted by Gasteiger charge is 2.15. The summed E-state index contributed by atoms with van der Waals surface area (Å²) >= 11 is 0. The van der Waals surface area contributed by atoms with Crippen LogP contribution in [0.25, 0.3) is 0 Å². The summed E-state index contributed by atoms with van der Waals surface area (Å²) in [5, 5.41) is 11.5. The Morgan fingerprint density at radius 3 is 2.64 bits per heavy atom. The maximum Gasteiger partial charge on any atom is 0.303 e. The maximum atomic E-state index is 10.1. The highest BCUT2D eigenvalue weighted by atomic mass is 16.4. The van der Waals surface area contributed by atoms with Gasteiger partial charge in [0.05, 0.1) is 0 Å². The lowest BCUT2D eigenvalue weighted by Crippen LogP contribution is -2.41. The van der Waals surface area contributed by atoms with Crippen molar-refractivity contribution in [3.8, 4) is 0 Å². The molecule has 0 aromatic rings. The lowest BCUT2D eigenvalue weighted by Gasteiger charge is -2.26. The van der Waals surface area contributed by atoms with E-state index in [-0.39, 0.29) is 0 Å². The van der Waals surface area contributed by atoms with Gasteiger partial charge in [0.1, 0.15) is 0 Å². The van der Waals surface area contributed by atoms with E-state index in [2.05, 4.69) is 5.32 Å². The van der Waals surface area contributed by atoms with E-state index in [0.29, 0.717) is 6.42 Å². The van der Waals surface area contributed by atoms with Gasteiger partial charge in [0, 0.05) is 6.42 Å². The quantitative estimate of drug-likeness (QED) is 0.582. The maximum absolute atomic E-state index is 10.1. The van der Waals surface area contributed by atoms with Crippen LogP contribution in [0.5, 0.6) is 0 Å². The summed E-state index contributed by atoms with van der Waals surface area (Å²) in [6, 6.07) is 0. The number of hydrogen-bond acceptors (Lipinski definition) is 2. The molecule has 0 amide bonds. The molecular weight excluding hydrogens is 142 g/mol. The Bertz CT molecular complexity index is 132. The number of carboxylic acids is 1. The summed E-state index contributed by atoms with van der Waals surface area (Å²) in [5.74, 6) is 0.153. The zero-order valence-electron chi connectivity index (χ0n) is 6.68. The van der Waals surface area contributed by atoms with E-state index >= 15 is 0 Å². The molecule has 0 radical (unpaired) electrons. The number of carboxylic acid groups (broad SMARTS) is 1. The number of hydrogen-bond donors (Lipinski definition) is 2. The van der Waals surface area contributed by atoms with E-state index in [4.69, 9.17) is 5.11 Å². The fourth-order valence-corrected chi connectivity index (χ4v) is 1.26. The van der Waals surface area contributed by atoms with Crippen molar-refractivity contribution in [2.24, 2.45) is 5.92 Å². The smallest absolute Gasteiger partial charge is 0.303 e. The van der Waals surface area contributed by atoms with Gasteiger partial charge in [0.15, 0.2) is 0 Å². The number of unbranched alkanes of at least 4 members (excludes halogenated alkanes) is 1. The summed E-state index contributed by atoms with van der Waals surface area (Å²) in [6.45, 7) is 2.26. The first-order valence-corrected chi connectivity index (χ1v) is 4.21. The second-order valence-corrected chi connectivity index (χ2v) is 3.16. The van der Waals surface area contributed by atoms with Crippen molar-refractivity contribution < 1.29 is 9.90 Å². The van der Waals surface area contributed by atoms with Crippen molar-refractivity contribution in [1.82, 2.24) is 5.32 Å². The predicted octanol–water partition coefficient (Wildman–Crippen LogP) is 0.851. The Hall–Kier alpha value is -0.570. The van der Waals surface area contributed by atoms with Crippen molar-refractivity contribution >= 4 is 5.97 Å². The Morgan fingerprint density at radius 2 is 2.18 bits per heavy atom. The third kappa shape index (κ3) is 3.37. The third-order valence-corrected chi connectivity index (χ3v) is 2.12. The SMILES string of the molecule is O=C(O)CCCCC1CNC1. The molecule has 1 saturated heterocycles. The van der Waals surface area contributed by atoms with Gasteiger partial charge in [-0.3, -0.25) is 4.79 Å². The second-order valence-electron chi connectivity index (χ2n) is 3.16. The molecule has 1 aliphatic rings. The number of aliphatic carboxylic acids is 1. The third-order valence-electron chi connectivity index (χ3n) is 2.12. The minimum atomic E-state index is -0.670. The molecule has 0 atom stereocenters. The lowest BCUT2D eigenvalue weighted by molar-refractivity contribution is -0.137. The molecular formula is C8H15NO2. The van der Waals surface area contributed by atoms with Gasteiger partial charge in [-0.2, -0.15) is 0 Å².